The van der Waals surface area contributed by atoms with Gasteiger partial charge in [-0.25, -0.2) is 0 Å². The van der Waals surface area contributed by atoms with E-state index in [0.29, 0.717) is 32.3 Å². The van der Waals surface area contributed by atoms with Crippen molar-refractivity contribution >= 4 is 40.2 Å². The van der Waals surface area contributed by atoms with Crippen LogP contribution < -0.4 is 11.3 Å². The highest BCUT2D eigenvalue weighted by atomic mass is 35.5. The molecule has 0 bridgehead atoms. The number of nitrogens with zero attached hydrogens (tertiary/aromatic N) is 1. The van der Waals surface area contributed by atoms with Gasteiger partial charge in [0.15, 0.2) is 0 Å². The van der Waals surface area contributed by atoms with Crippen molar-refractivity contribution in [2.24, 2.45) is 0 Å². The predicted molar refractivity (Wildman–Crippen MR) is 79.2 cm³/mol. The van der Waals surface area contributed by atoms with Crippen LogP contribution in [0.5, 0.6) is 0 Å². The van der Waals surface area contributed by atoms with E-state index >= 15 is 0 Å². The summed E-state index contributed by atoms with van der Waals surface area (Å²) in [5, 5.41) is 1.26. The summed E-state index contributed by atoms with van der Waals surface area (Å²) < 4.78 is 5.50. The minimum Gasteiger partial charge on any atom is -0.442 e. The predicted octanol–water partition coefficient (Wildman–Crippen LogP) is 3.38. The number of anilines is 1. The molecule has 0 fully saturated rings. The minimum atomic E-state index is -0.370. The molecule has 7 heteroatoms. The van der Waals surface area contributed by atoms with Crippen molar-refractivity contribution < 1.29 is 4.42 Å². The van der Waals surface area contributed by atoms with Gasteiger partial charge >= 0.3 is 0 Å². The number of aromatic nitrogens is 2. The summed E-state index contributed by atoms with van der Waals surface area (Å²) in [5.74, 6) is 0.540. The molecule has 0 amide bonds. The smallest absolute Gasteiger partial charge is 0.264 e. The molecule has 0 aliphatic rings. The van der Waals surface area contributed by atoms with Crippen LogP contribution in [0, 0.1) is 6.92 Å². The number of fused-ring (bicyclic) bond motifs is 1. The summed E-state index contributed by atoms with van der Waals surface area (Å²) in [5.41, 5.74) is 6.57. The number of nitrogen functional groups attached to an aromatic ring is 1. The lowest BCUT2D eigenvalue weighted by Crippen LogP contribution is -2.10. The summed E-state index contributed by atoms with van der Waals surface area (Å²) in [4.78, 5) is 18.5. The standard InChI is InChI=1S/C13H9Cl2N3O2/c1-5-9(7-3-2-6(14)4-8(7)15)10-11(19)17-13(16)18-12(10)20-5/h2-4H,1H3,(H3,16,17,18,19). The van der Waals surface area contributed by atoms with Gasteiger partial charge in [0, 0.05) is 16.1 Å². The number of hydrogen-bond acceptors (Lipinski definition) is 4. The Hall–Kier alpha value is -1.98. The Labute approximate surface area is 123 Å². The van der Waals surface area contributed by atoms with Gasteiger partial charge in [-0.2, -0.15) is 4.98 Å². The maximum absolute atomic E-state index is 12.1. The number of nitrogens with one attached hydrogen (secondary N) is 1. The minimum absolute atomic E-state index is 0.00463. The van der Waals surface area contributed by atoms with E-state index in [-0.39, 0.29) is 17.2 Å². The molecule has 2 aromatic heterocycles. The van der Waals surface area contributed by atoms with Crippen LogP contribution in [0.25, 0.3) is 22.2 Å². The van der Waals surface area contributed by atoms with Gasteiger partial charge in [0.2, 0.25) is 11.7 Å². The first-order valence-corrected chi connectivity index (χ1v) is 6.47. The molecule has 0 spiro atoms. The number of nitrogens with two attached hydrogens (primary N) is 1. The molecule has 0 unspecified atom stereocenters. The van der Waals surface area contributed by atoms with Crippen molar-refractivity contribution in [3.63, 3.8) is 0 Å². The molecule has 3 rings (SSSR count). The number of hydrogen-bond donors (Lipinski definition) is 2. The van der Waals surface area contributed by atoms with E-state index in [1.165, 1.54) is 0 Å². The van der Waals surface area contributed by atoms with Crippen LogP contribution in [-0.2, 0) is 0 Å². The molecule has 0 aliphatic carbocycles. The second-order valence-electron chi connectivity index (χ2n) is 4.29. The Bertz CT molecular complexity index is 883. The fraction of sp³-hybridized carbons (Fsp3) is 0.0769. The van der Waals surface area contributed by atoms with Crippen molar-refractivity contribution in [3.8, 4) is 11.1 Å². The van der Waals surface area contributed by atoms with Crippen molar-refractivity contribution in [1.82, 2.24) is 9.97 Å². The van der Waals surface area contributed by atoms with Crippen LogP contribution in [0.1, 0.15) is 5.76 Å². The first-order chi connectivity index (χ1) is 9.47. The molecule has 102 valence electrons. The number of aromatic amines is 1. The zero-order valence-electron chi connectivity index (χ0n) is 10.3. The molecule has 0 aliphatic heterocycles. The normalized spacial score (nSPS) is 11.2. The first-order valence-electron chi connectivity index (χ1n) is 5.71. The van der Waals surface area contributed by atoms with Crippen molar-refractivity contribution in [1.29, 1.82) is 0 Å². The highest BCUT2D eigenvalue weighted by molar-refractivity contribution is 6.36. The molecule has 1 aromatic carbocycles. The van der Waals surface area contributed by atoms with Gasteiger partial charge in [0.1, 0.15) is 11.1 Å². The van der Waals surface area contributed by atoms with Gasteiger partial charge in [0.05, 0.1) is 5.02 Å². The van der Waals surface area contributed by atoms with Crippen LogP contribution in [0.4, 0.5) is 5.95 Å². The molecule has 20 heavy (non-hydrogen) atoms. The maximum Gasteiger partial charge on any atom is 0.264 e. The van der Waals surface area contributed by atoms with Crippen molar-refractivity contribution in [3.05, 3.63) is 44.4 Å². The lowest BCUT2D eigenvalue weighted by atomic mass is 10.0. The van der Waals surface area contributed by atoms with Gasteiger partial charge in [-0.15, -0.1) is 0 Å². The fourth-order valence-corrected chi connectivity index (χ4v) is 2.66. The number of aryl methyl sites for hydroxylation is 1. The molecule has 3 aromatic rings. The lowest BCUT2D eigenvalue weighted by molar-refractivity contribution is 0.568. The molecule has 3 N–H and O–H groups in total. The van der Waals surface area contributed by atoms with Gasteiger partial charge in [0.25, 0.3) is 5.56 Å². The van der Waals surface area contributed by atoms with E-state index in [0.717, 1.165) is 0 Å². The van der Waals surface area contributed by atoms with Gasteiger partial charge in [-0.1, -0.05) is 29.3 Å². The van der Waals surface area contributed by atoms with Crippen LogP contribution in [0.2, 0.25) is 10.0 Å². The van der Waals surface area contributed by atoms with Crippen LogP contribution in [0.3, 0.4) is 0 Å². The molecular weight excluding hydrogens is 301 g/mol. The average Bonchev–Trinajstić information content (AvgIpc) is 2.65. The third kappa shape index (κ3) is 1.95. The Kier molecular flexibility index (Phi) is 2.96. The van der Waals surface area contributed by atoms with Crippen molar-refractivity contribution in [2.45, 2.75) is 6.92 Å². The number of benzene rings is 1. The van der Waals surface area contributed by atoms with E-state index < -0.39 is 0 Å². The van der Waals surface area contributed by atoms with E-state index in [4.69, 9.17) is 33.4 Å². The van der Waals surface area contributed by atoms with E-state index in [9.17, 15) is 4.79 Å². The van der Waals surface area contributed by atoms with Crippen LogP contribution in [-0.4, -0.2) is 9.97 Å². The molecule has 5 nitrogen and oxygen atoms in total. The molecular formula is C13H9Cl2N3O2. The average molecular weight is 310 g/mol. The van der Waals surface area contributed by atoms with E-state index in [1.54, 1.807) is 25.1 Å². The number of halogens is 2. The molecule has 2 heterocycles. The summed E-state index contributed by atoms with van der Waals surface area (Å²) >= 11 is 12.1. The second-order valence-corrected chi connectivity index (χ2v) is 5.13. The first kappa shape index (κ1) is 13.0. The summed E-state index contributed by atoms with van der Waals surface area (Å²) in [6.45, 7) is 1.73. The van der Waals surface area contributed by atoms with Gasteiger partial charge in [-0.05, 0) is 19.1 Å². The Morgan fingerprint density at radius 2 is 2.10 bits per heavy atom. The highest BCUT2D eigenvalue weighted by Gasteiger charge is 2.19. The quantitative estimate of drug-likeness (QED) is 0.721. The second kappa shape index (κ2) is 4.54. The number of furan rings is 1. The SMILES string of the molecule is Cc1oc2nc(N)[nH]c(=O)c2c1-c1ccc(Cl)cc1Cl. The number of rotatable bonds is 1. The molecule has 0 atom stereocenters. The molecule has 0 radical (unpaired) electrons. The largest absolute Gasteiger partial charge is 0.442 e. The third-order valence-corrected chi connectivity index (χ3v) is 3.50. The number of H-pyrrole nitrogens is 1. The summed E-state index contributed by atoms with van der Waals surface area (Å²) in [7, 11) is 0. The van der Waals surface area contributed by atoms with Gasteiger partial charge < -0.3 is 10.2 Å². The monoisotopic (exact) mass is 309 g/mol. The zero-order valence-corrected chi connectivity index (χ0v) is 11.8. The molecule has 0 saturated carbocycles. The Morgan fingerprint density at radius 3 is 2.80 bits per heavy atom. The molecule has 0 saturated heterocycles. The van der Waals surface area contributed by atoms with Crippen molar-refractivity contribution in [2.75, 3.05) is 5.73 Å². The lowest BCUT2D eigenvalue weighted by Gasteiger charge is -2.03. The van der Waals surface area contributed by atoms with Crippen LogP contribution >= 0.6 is 23.2 Å². The topological polar surface area (TPSA) is 84.9 Å². The highest BCUT2D eigenvalue weighted by Crippen LogP contribution is 2.37. The zero-order chi connectivity index (χ0) is 14.4. The third-order valence-electron chi connectivity index (χ3n) is 2.96. The Balaban J connectivity index is 2.42. The summed E-state index contributed by atoms with van der Waals surface area (Å²) in [6, 6.07) is 5.04. The summed E-state index contributed by atoms with van der Waals surface area (Å²) in [6.07, 6.45) is 0. The maximum atomic E-state index is 12.1. The van der Waals surface area contributed by atoms with E-state index in [1.807, 2.05) is 0 Å². The Morgan fingerprint density at radius 1 is 1.35 bits per heavy atom. The van der Waals surface area contributed by atoms with Crippen LogP contribution in [0.15, 0.2) is 27.4 Å². The van der Waals surface area contributed by atoms with Gasteiger partial charge in [-0.3, -0.25) is 9.78 Å². The van der Waals surface area contributed by atoms with E-state index in [2.05, 4.69) is 9.97 Å². The fourth-order valence-electron chi connectivity index (χ4n) is 2.15.